The maximum atomic E-state index is 13.4. The van der Waals surface area contributed by atoms with E-state index >= 15 is 0 Å². The molecule has 38 heavy (non-hydrogen) atoms. The van der Waals surface area contributed by atoms with Gasteiger partial charge in [-0.05, 0) is 44.0 Å². The highest BCUT2D eigenvalue weighted by Gasteiger charge is 2.33. The van der Waals surface area contributed by atoms with Gasteiger partial charge in [0.2, 0.25) is 0 Å². The van der Waals surface area contributed by atoms with Crippen LogP contribution in [0.1, 0.15) is 56.2 Å². The van der Waals surface area contributed by atoms with Gasteiger partial charge in [-0.15, -0.1) is 0 Å². The van der Waals surface area contributed by atoms with Crippen LogP contribution < -0.4 is 15.4 Å². The van der Waals surface area contributed by atoms with Crippen molar-refractivity contribution in [3.8, 4) is 6.07 Å². The second kappa shape index (κ2) is 12.6. The van der Waals surface area contributed by atoms with Gasteiger partial charge in [0.1, 0.15) is 21.8 Å². The summed E-state index contributed by atoms with van der Waals surface area (Å²) >= 11 is 6.87. The van der Waals surface area contributed by atoms with E-state index in [2.05, 4.69) is 34.9 Å². The van der Waals surface area contributed by atoms with Gasteiger partial charge < -0.3 is 9.80 Å². The number of para-hydroxylation sites is 1. The molecule has 0 saturated carbocycles. The molecule has 2 fully saturated rings. The first-order valence-corrected chi connectivity index (χ1v) is 14.6. The molecule has 2 aromatic rings. The number of aromatic nitrogens is 1. The lowest BCUT2D eigenvalue weighted by molar-refractivity contribution is -0.122. The van der Waals surface area contributed by atoms with Gasteiger partial charge in [0, 0.05) is 50.5 Å². The lowest BCUT2D eigenvalue weighted by Crippen LogP contribution is -2.48. The molecule has 7 nitrogen and oxygen atoms in total. The molecule has 1 aromatic carbocycles. The Morgan fingerprint density at radius 3 is 2.34 bits per heavy atom. The number of carbonyl (C=O) groups is 1. The van der Waals surface area contributed by atoms with E-state index < -0.39 is 0 Å². The third-order valence-electron chi connectivity index (χ3n) is 7.25. The van der Waals surface area contributed by atoms with Gasteiger partial charge in [0.15, 0.2) is 0 Å². The summed E-state index contributed by atoms with van der Waals surface area (Å²) in [7, 11) is 0. The first-order chi connectivity index (χ1) is 18.4. The van der Waals surface area contributed by atoms with E-state index in [4.69, 9.17) is 12.2 Å². The number of nitrogens with zero attached hydrogens (tertiary/aromatic N) is 5. The van der Waals surface area contributed by atoms with E-state index in [1.54, 1.807) is 16.4 Å². The molecule has 4 rings (SSSR count). The van der Waals surface area contributed by atoms with Crippen molar-refractivity contribution >= 4 is 51.8 Å². The van der Waals surface area contributed by atoms with Crippen LogP contribution in [0.25, 0.3) is 6.08 Å². The summed E-state index contributed by atoms with van der Waals surface area (Å²) in [5.74, 6) is 0.679. The number of rotatable bonds is 9. The van der Waals surface area contributed by atoms with Crippen LogP contribution in [0.15, 0.2) is 40.0 Å². The number of carbonyl (C=O) groups excluding carboxylic acids is 1. The number of hydrogen-bond acceptors (Lipinski definition) is 7. The number of unbranched alkanes of at least 4 members (excludes halogenated alkanes) is 3. The zero-order valence-corrected chi connectivity index (χ0v) is 24.0. The molecule has 0 radical (unpaired) electrons. The van der Waals surface area contributed by atoms with Crippen LogP contribution in [0.2, 0.25) is 0 Å². The first-order valence-electron chi connectivity index (χ1n) is 13.4. The van der Waals surface area contributed by atoms with Crippen molar-refractivity contribution in [2.24, 2.45) is 0 Å². The fourth-order valence-corrected chi connectivity index (χ4v) is 6.40. The summed E-state index contributed by atoms with van der Waals surface area (Å²) in [5, 5.41) is 9.84. The summed E-state index contributed by atoms with van der Waals surface area (Å²) in [6.45, 7) is 9.99. The minimum Gasteiger partial charge on any atom is -0.368 e. The number of thioether (sulfide) groups is 1. The Bertz CT molecular complexity index is 1320. The number of piperazine rings is 1. The van der Waals surface area contributed by atoms with Gasteiger partial charge in [-0.2, -0.15) is 5.26 Å². The average molecular weight is 550 g/mol. The number of hydrogen-bond donors (Lipinski definition) is 0. The van der Waals surface area contributed by atoms with E-state index in [-0.39, 0.29) is 17.0 Å². The van der Waals surface area contributed by atoms with Crippen LogP contribution in [-0.4, -0.2) is 52.4 Å². The van der Waals surface area contributed by atoms with Gasteiger partial charge >= 0.3 is 0 Å². The largest absolute Gasteiger partial charge is 0.368 e. The second-order valence-corrected chi connectivity index (χ2v) is 11.3. The quantitative estimate of drug-likeness (QED) is 0.243. The Hall–Kier alpha value is -3.09. The zero-order valence-electron chi connectivity index (χ0n) is 22.4. The molecule has 0 unspecified atom stereocenters. The Kier molecular flexibility index (Phi) is 9.29. The summed E-state index contributed by atoms with van der Waals surface area (Å²) in [6.07, 6.45) is 6.11. The lowest BCUT2D eigenvalue weighted by atomic mass is 10.0. The van der Waals surface area contributed by atoms with Crippen LogP contribution in [0.4, 0.5) is 11.5 Å². The zero-order chi connectivity index (χ0) is 27.2. The van der Waals surface area contributed by atoms with Crippen molar-refractivity contribution in [1.29, 1.82) is 5.26 Å². The molecular formula is C29H35N5O2S2. The number of thiocarbonyl (C=S) groups is 1. The number of pyridine rings is 1. The van der Waals surface area contributed by atoms with Crippen molar-refractivity contribution in [1.82, 2.24) is 9.47 Å². The lowest BCUT2D eigenvalue weighted by Gasteiger charge is -2.39. The number of anilines is 2. The topological polar surface area (TPSA) is 72.6 Å². The van der Waals surface area contributed by atoms with Gasteiger partial charge in [-0.3, -0.25) is 19.1 Å². The molecule has 2 saturated heterocycles. The van der Waals surface area contributed by atoms with E-state index in [0.717, 1.165) is 63.2 Å². The Labute approximate surface area is 234 Å². The average Bonchev–Trinajstić information content (AvgIpc) is 3.20. The fraction of sp³-hybridized carbons (Fsp3) is 0.448. The van der Waals surface area contributed by atoms with Gasteiger partial charge in [0.25, 0.3) is 11.5 Å². The first kappa shape index (κ1) is 27.9. The highest BCUT2D eigenvalue weighted by atomic mass is 32.2. The van der Waals surface area contributed by atoms with Crippen molar-refractivity contribution in [3.05, 3.63) is 62.3 Å². The Morgan fingerprint density at radius 2 is 1.71 bits per heavy atom. The summed E-state index contributed by atoms with van der Waals surface area (Å²) in [4.78, 5) is 33.5. The summed E-state index contributed by atoms with van der Waals surface area (Å²) in [6, 6.07) is 12.4. The standard InChI is InChI=1S/C29H35N5O2S2/c1-4-6-7-11-14-34-28(36)25(38-29(34)37)19-23-21(3)24(20-30)27(35)33(5-2)26(23)32-17-15-31(16-18-32)22-12-9-8-10-13-22/h8-10,12-13,19H,4-7,11,14-18H2,1-3H3/b25-19-. The molecule has 9 heteroatoms. The van der Waals surface area contributed by atoms with Crippen LogP contribution in [0.5, 0.6) is 0 Å². The highest BCUT2D eigenvalue weighted by Crippen LogP contribution is 2.36. The normalized spacial score (nSPS) is 17.0. The predicted octanol–water partition coefficient (Wildman–Crippen LogP) is 5.16. The molecule has 0 bridgehead atoms. The third kappa shape index (κ3) is 5.67. The van der Waals surface area contributed by atoms with Crippen LogP contribution >= 0.6 is 24.0 Å². The Balaban J connectivity index is 1.69. The fourth-order valence-electron chi connectivity index (χ4n) is 5.11. The molecule has 0 N–H and O–H groups in total. The minimum atomic E-state index is -0.284. The van der Waals surface area contributed by atoms with E-state index in [1.807, 2.05) is 31.2 Å². The molecule has 0 atom stereocenters. The maximum absolute atomic E-state index is 13.4. The molecule has 2 aliphatic heterocycles. The van der Waals surface area contributed by atoms with Crippen LogP contribution in [0, 0.1) is 18.3 Å². The molecule has 1 amide bonds. The molecule has 200 valence electrons. The summed E-state index contributed by atoms with van der Waals surface area (Å²) < 4.78 is 2.25. The third-order valence-corrected chi connectivity index (χ3v) is 8.63. The van der Waals surface area contributed by atoms with Crippen LogP contribution in [0.3, 0.4) is 0 Å². The summed E-state index contributed by atoms with van der Waals surface area (Å²) in [5.41, 5.74) is 2.38. The van der Waals surface area contributed by atoms with E-state index in [1.165, 1.54) is 17.4 Å². The number of nitriles is 1. The van der Waals surface area contributed by atoms with Gasteiger partial charge in [-0.25, -0.2) is 0 Å². The van der Waals surface area contributed by atoms with Crippen LogP contribution in [-0.2, 0) is 11.3 Å². The second-order valence-electron chi connectivity index (χ2n) is 9.60. The van der Waals surface area contributed by atoms with Crippen molar-refractivity contribution in [2.45, 2.75) is 53.0 Å². The van der Waals surface area contributed by atoms with E-state index in [0.29, 0.717) is 27.9 Å². The molecule has 0 spiro atoms. The monoisotopic (exact) mass is 549 g/mol. The highest BCUT2D eigenvalue weighted by molar-refractivity contribution is 8.26. The van der Waals surface area contributed by atoms with Gasteiger partial charge in [-0.1, -0.05) is 68.4 Å². The molecule has 0 aliphatic carbocycles. The Morgan fingerprint density at radius 1 is 1.03 bits per heavy atom. The number of benzene rings is 1. The number of amides is 1. The predicted molar refractivity (Wildman–Crippen MR) is 161 cm³/mol. The minimum absolute atomic E-state index is 0.0940. The van der Waals surface area contributed by atoms with Crippen molar-refractivity contribution < 1.29 is 4.79 Å². The molecule has 3 heterocycles. The van der Waals surface area contributed by atoms with Crippen molar-refractivity contribution in [2.75, 3.05) is 42.5 Å². The SMILES string of the molecule is CCCCCCN1C(=O)/C(=C/c2c(C)c(C#N)c(=O)n(CC)c2N2CCN(c3ccccc3)CC2)SC1=S. The molecule has 2 aliphatic rings. The van der Waals surface area contributed by atoms with Gasteiger partial charge in [0.05, 0.1) is 4.91 Å². The smallest absolute Gasteiger partial charge is 0.270 e. The molecule has 1 aromatic heterocycles. The molecular weight excluding hydrogens is 514 g/mol. The van der Waals surface area contributed by atoms with E-state index in [9.17, 15) is 14.9 Å². The van der Waals surface area contributed by atoms with Crippen molar-refractivity contribution in [3.63, 3.8) is 0 Å². The maximum Gasteiger partial charge on any atom is 0.270 e.